The van der Waals surface area contributed by atoms with Crippen molar-refractivity contribution >= 4 is 17.5 Å². The number of anilines is 1. The zero-order chi connectivity index (χ0) is 19.4. The normalized spacial score (nSPS) is 15.9. The molecule has 5 nitrogen and oxygen atoms in total. The highest BCUT2D eigenvalue weighted by atomic mass is 19.1. The maximum atomic E-state index is 13.5. The van der Waals surface area contributed by atoms with Crippen molar-refractivity contribution in [3.05, 3.63) is 65.7 Å². The third-order valence-corrected chi connectivity index (χ3v) is 4.85. The second-order valence-electron chi connectivity index (χ2n) is 6.60. The van der Waals surface area contributed by atoms with Crippen LogP contribution in [0.1, 0.15) is 23.2 Å². The highest BCUT2D eigenvalue weighted by molar-refractivity contribution is 5.95. The first-order chi connectivity index (χ1) is 12.9. The summed E-state index contributed by atoms with van der Waals surface area (Å²) in [6, 6.07) is 11.5. The van der Waals surface area contributed by atoms with Gasteiger partial charge in [-0.25, -0.2) is 8.78 Å². The quantitative estimate of drug-likeness (QED) is 0.866. The van der Waals surface area contributed by atoms with E-state index in [4.69, 9.17) is 0 Å². The van der Waals surface area contributed by atoms with Crippen LogP contribution in [0.15, 0.2) is 48.5 Å². The fourth-order valence-electron chi connectivity index (χ4n) is 3.39. The molecular weight excluding hydrogens is 352 g/mol. The van der Waals surface area contributed by atoms with Crippen LogP contribution in [0.4, 0.5) is 14.5 Å². The number of benzene rings is 2. The molecule has 2 amide bonds. The third-order valence-electron chi connectivity index (χ3n) is 4.85. The van der Waals surface area contributed by atoms with Crippen molar-refractivity contribution < 1.29 is 18.4 Å². The van der Waals surface area contributed by atoms with E-state index in [1.807, 2.05) is 0 Å². The number of amides is 2. The van der Waals surface area contributed by atoms with Crippen molar-refractivity contribution in [2.24, 2.45) is 0 Å². The number of carbonyl (C=O) groups is 2. The number of likely N-dealkylation sites (tertiary alicyclic amines) is 1. The second kappa shape index (κ2) is 7.73. The van der Waals surface area contributed by atoms with E-state index < -0.39 is 17.2 Å². The Labute approximate surface area is 156 Å². The van der Waals surface area contributed by atoms with E-state index in [1.165, 1.54) is 30.3 Å². The molecule has 0 spiro atoms. The molecule has 1 heterocycles. The molecule has 0 aliphatic carbocycles. The van der Waals surface area contributed by atoms with Gasteiger partial charge in [-0.15, -0.1) is 0 Å². The molecule has 0 bridgehead atoms. The van der Waals surface area contributed by atoms with Crippen LogP contribution in [0.2, 0.25) is 0 Å². The summed E-state index contributed by atoms with van der Waals surface area (Å²) < 4.78 is 26.9. The van der Waals surface area contributed by atoms with E-state index in [2.05, 4.69) is 10.6 Å². The molecule has 0 aromatic heterocycles. The first-order valence-corrected chi connectivity index (χ1v) is 8.74. The number of nitrogens with one attached hydrogen (secondary N) is 2. The standard InChI is InChI=1S/C20H21F2N3O2/c1-23-19(27)20(24-17-7-3-6-16(22)13-17)8-10-25(11-9-20)18(26)14-4-2-5-15(21)12-14/h2-7,12-13,24H,8-11H2,1H3,(H,23,27). The van der Waals surface area contributed by atoms with E-state index in [-0.39, 0.29) is 17.4 Å². The number of nitrogens with zero attached hydrogens (tertiary/aromatic N) is 1. The van der Waals surface area contributed by atoms with Crippen molar-refractivity contribution in [3.63, 3.8) is 0 Å². The summed E-state index contributed by atoms with van der Waals surface area (Å²) in [6.45, 7) is 0.649. The molecule has 1 fully saturated rings. The molecule has 2 aromatic rings. The number of rotatable bonds is 4. The monoisotopic (exact) mass is 373 g/mol. The van der Waals surface area contributed by atoms with Crippen LogP contribution in [0.25, 0.3) is 0 Å². The topological polar surface area (TPSA) is 61.4 Å². The Morgan fingerprint density at radius 2 is 1.63 bits per heavy atom. The molecule has 1 aliphatic rings. The zero-order valence-electron chi connectivity index (χ0n) is 15.0. The molecule has 0 saturated carbocycles. The first kappa shape index (κ1) is 18.8. The minimum Gasteiger partial charge on any atom is -0.371 e. The van der Waals surface area contributed by atoms with E-state index >= 15 is 0 Å². The number of piperidine rings is 1. The zero-order valence-corrected chi connectivity index (χ0v) is 15.0. The molecule has 142 valence electrons. The molecular formula is C20H21F2N3O2. The maximum absolute atomic E-state index is 13.5. The average Bonchev–Trinajstić information content (AvgIpc) is 2.67. The lowest BCUT2D eigenvalue weighted by atomic mass is 9.85. The van der Waals surface area contributed by atoms with Crippen LogP contribution in [0.3, 0.4) is 0 Å². The minimum absolute atomic E-state index is 0.218. The van der Waals surface area contributed by atoms with Gasteiger partial charge in [-0.2, -0.15) is 0 Å². The molecule has 1 aliphatic heterocycles. The van der Waals surface area contributed by atoms with E-state index in [0.717, 1.165) is 0 Å². The predicted octanol–water partition coefficient (Wildman–Crippen LogP) is 2.80. The van der Waals surface area contributed by atoms with Gasteiger partial charge in [0.25, 0.3) is 5.91 Å². The highest BCUT2D eigenvalue weighted by Gasteiger charge is 2.42. The number of hydrogen-bond acceptors (Lipinski definition) is 3. The lowest BCUT2D eigenvalue weighted by molar-refractivity contribution is -0.126. The highest BCUT2D eigenvalue weighted by Crippen LogP contribution is 2.28. The van der Waals surface area contributed by atoms with Gasteiger partial charge in [0.1, 0.15) is 17.2 Å². The molecule has 0 unspecified atom stereocenters. The molecule has 1 saturated heterocycles. The third kappa shape index (κ3) is 4.07. The lowest BCUT2D eigenvalue weighted by Crippen LogP contribution is -2.58. The van der Waals surface area contributed by atoms with Crippen molar-refractivity contribution in [3.8, 4) is 0 Å². The Hall–Kier alpha value is -2.96. The lowest BCUT2D eigenvalue weighted by Gasteiger charge is -2.41. The van der Waals surface area contributed by atoms with Crippen LogP contribution < -0.4 is 10.6 Å². The summed E-state index contributed by atoms with van der Waals surface area (Å²) >= 11 is 0. The smallest absolute Gasteiger partial charge is 0.253 e. The average molecular weight is 373 g/mol. The molecule has 2 aromatic carbocycles. The largest absolute Gasteiger partial charge is 0.371 e. The van der Waals surface area contributed by atoms with Crippen LogP contribution in [-0.2, 0) is 4.79 Å². The van der Waals surface area contributed by atoms with Crippen LogP contribution in [0, 0.1) is 11.6 Å². The van der Waals surface area contributed by atoms with Crippen molar-refractivity contribution in [2.75, 3.05) is 25.5 Å². The minimum atomic E-state index is -0.943. The van der Waals surface area contributed by atoms with Gasteiger partial charge in [0.05, 0.1) is 0 Å². The van der Waals surface area contributed by atoms with E-state index in [0.29, 0.717) is 31.6 Å². The molecule has 0 radical (unpaired) electrons. The summed E-state index contributed by atoms with van der Waals surface area (Å²) in [7, 11) is 1.54. The number of halogens is 2. The molecule has 7 heteroatoms. The van der Waals surface area contributed by atoms with Crippen LogP contribution in [0.5, 0.6) is 0 Å². The molecule has 3 rings (SSSR count). The van der Waals surface area contributed by atoms with Crippen LogP contribution >= 0.6 is 0 Å². The summed E-state index contributed by atoms with van der Waals surface area (Å²) in [6.07, 6.45) is 0.703. The Morgan fingerprint density at radius 1 is 1.00 bits per heavy atom. The predicted molar refractivity (Wildman–Crippen MR) is 98.4 cm³/mol. The molecule has 2 N–H and O–H groups in total. The Kier molecular flexibility index (Phi) is 5.39. The number of carbonyl (C=O) groups excluding carboxylic acids is 2. The Morgan fingerprint density at radius 3 is 2.22 bits per heavy atom. The summed E-state index contributed by atoms with van der Waals surface area (Å²) in [5.74, 6) is -1.36. The van der Waals surface area contributed by atoms with Gasteiger partial charge in [-0.3, -0.25) is 9.59 Å². The Bertz CT molecular complexity index is 849. The van der Waals surface area contributed by atoms with E-state index in [1.54, 1.807) is 30.1 Å². The van der Waals surface area contributed by atoms with Gasteiger partial charge in [0.15, 0.2) is 0 Å². The van der Waals surface area contributed by atoms with Gasteiger partial charge in [0.2, 0.25) is 5.91 Å². The van der Waals surface area contributed by atoms with Gasteiger partial charge in [-0.05, 0) is 49.2 Å². The van der Waals surface area contributed by atoms with Gasteiger partial charge < -0.3 is 15.5 Å². The maximum Gasteiger partial charge on any atom is 0.253 e. The summed E-state index contributed by atoms with van der Waals surface area (Å²) in [5, 5.41) is 5.79. The van der Waals surface area contributed by atoms with Crippen molar-refractivity contribution in [2.45, 2.75) is 18.4 Å². The van der Waals surface area contributed by atoms with Crippen molar-refractivity contribution in [1.29, 1.82) is 0 Å². The fourth-order valence-corrected chi connectivity index (χ4v) is 3.39. The molecule has 27 heavy (non-hydrogen) atoms. The van der Waals surface area contributed by atoms with Crippen LogP contribution in [-0.4, -0.2) is 42.4 Å². The van der Waals surface area contributed by atoms with Gasteiger partial charge >= 0.3 is 0 Å². The summed E-state index contributed by atoms with van der Waals surface area (Å²) in [5.41, 5.74) is -0.162. The van der Waals surface area contributed by atoms with Gasteiger partial charge in [-0.1, -0.05) is 12.1 Å². The van der Waals surface area contributed by atoms with E-state index in [9.17, 15) is 18.4 Å². The number of likely N-dealkylation sites (N-methyl/N-ethyl adjacent to an activating group) is 1. The SMILES string of the molecule is CNC(=O)C1(Nc2cccc(F)c2)CCN(C(=O)c2cccc(F)c2)CC1. The fraction of sp³-hybridized carbons (Fsp3) is 0.300. The Balaban J connectivity index is 1.76. The van der Waals surface area contributed by atoms with Crippen molar-refractivity contribution in [1.82, 2.24) is 10.2 Å². The second-order valence-corrected chi connectivity index (χ2v) is 6.60. The summed E-state index contributed by atoms with van der Waals surface area (Å²) in [4.78, 5) is 26.7. The molecule has 0 atom stereocenters. The van der Waals surface area contributed by atoms with Gasteiger partial charge in [0, 0.05) is 31.4 Å². The first-order valence-electron chi connectivity index (χ1n) is 8.74. The number of hydrogen-bond donors (Lipinski definition) is 2.